The van der Waals surface area contributed by atoms with Crippen molar-refractivity contribution in [1.29, 1.82) is 0 Å². The Morgan fingerprint density at radius 2 is 0.792 bits per heavy atom. The number of para-hydroxylation sites is 3. The van der Waals surface area contributed by atoms with Crippen LogP contribution in [0.1, 0.15) is 0 Å². The third-order valence-electron chi connectivity index (χ3n) is 3.15. The van der Waals surface area contributed by atoms with Gasteiger partial charge in [-0.15, -0.1) is 0 Å². The van der Waals surface area contributed by atoms with E-state index in [0.29, 0.717) is 17.2 Å². The Bertz CT molecular complexity index is 671. The quantitative estimate of drug-likeness (QED) is 0.482. The summed E-state index contributed by atoms with van der Waals surface area (Å²) in [6.45, 7) is -2.32. The van der Waals surface area contributed by atoms with Crippen LogP contribution in [0.5, 0.6) is 17.2 Å². The SMILES string of the molecule is CP(Cl)(Oc1ccccc1)(Oc1ccccc1)Oc1ccccc1. The molecule has 3 nitrogen and oxygen atoms in total. The Morgan fingerprint density at radius 1 is 0.542 bits per heavy atom. The minimum atomic E-state index is -3.99. The van der Waals surface area contributed by atoms with E-state index < -0.39 is 6.64 Å². The summed E-state index contributed by atoms with van der Waals surface area (Å²) < 4.78 is 18.1. The second-order valence-electron chi connectivity index (χ2n) is 5.36. The van der Waals surface area contributed by atoms with Crippen molar-refractivity contribution in [3.05, 3.63) is 91.0 Å². The Balaban J connectivity index is 1.95. The van der Waals surface area contributed by atoms with Crippen molar-refractivity contribution in [2.75, 3.05) is 6.66 Å². The molecule has 0 atom stereocenters. The van der Waals surface area contributed by atoms with E-state index in [2.05, 4.69) is 0 Å². The van der Waals surface area contributed by atoms with E-state index in [1.807, 2.05) is 91.0 Å². The normalized spacial score (nSPS) is 12.7. The van der Waals surface area contributed by atoms with Crippen LogP contribution in [0.4, 0.5) is 0 Å². The van der Waals surface area contributed by atoms with Gasteiger partial charge < -0.3 is 0 Å². The molecule has 3 aromatic rings. The second kappa shape index (κ2) is 6.72. The summed E-state index contributed by atoms with van der Waals surface area (Å²) in [4.78, 5) is 0. The first-order valence-electron chi connectivity index (χ1n) is 7.51. The number of halogens is 1. The van der Waals surface area contributed by atoms with E-state index in [9.17, 15) is 0 Å². The van der Waals surface area contributed by atoms with E-state index in [-0.39, 0.29) is 0 Å². The third-order valence-corrected chi connectivity index (χ3v) is 5.60. The molecule has 0 bridgehead atoms. The molecule has 0 aliphatic rings. The minimum absolute atomic E-state index is 0.583. The second-order valence-corrected chi connectivity index (χ2v) is 10.5. The van der Waals surface area contributed by atoms with Crippen molar-refractivity contribution >= 4 is 17.9 Å². The first-order valence-corrected chi connectivity index (χ1v) is 10.9. The molecule has 0 aliphatic carbocycles. The van der Waals surface area contributed by atoms with Crippen molar-refractivity contribution in [3.63, 3.8) is 0 Å². The molecule has 0 aromatic heterocycles. The van der Waals surface area contributed by atoms with Gasteiger partial charge in [-0.25, -0.2) is 0 Å². The van der Waals surface area contributed by atoms with Crippen LogP contribution in [0.15, 0.2) is 91.0 Å². The summed E-state index contributed by atoms with van der Waals surface area (Å²) in [5.74, 6) is 1.75. The zero-order valence-corrected chi connectivity index (χ0v) is 14.9. The van der Waals surface area contributed by atoms with Crippen molar-refractivity contribution < 1.29 is 13.6 Å². The van der Waals surface area contributed by atoms with Crippen LogP contribution in [0.3, 0.4) is 0 Å². The Labute approximate surface area is 146 Å². The molecular weight excluding hydrogens is 343 g/mol. The van der Waals surface area contributed by atoms with E-state index in [1.54, 1.807) is 6.66 Å². The monoisotopic (exact) mass is 360 g/mol. The van der Waals surface area contributed by atoms with Crippen LogP contribution in [0.25, 0.3) is 0 Å². The van der Waals surface area contributed by atoms with Crippen LogP contribution in [-0.4, -0.2) is 6.66 Å². The third kappa shape index (κ3) is 4.41. The molecule has 3 rings (SSSR count). The Hall–Kier alpha value is -2.22. The van der Waals surface area contributed by atoms with Crippen LogP contribution >= 0.6 is 17.9 Å². The number of rotatable bonds is 6. The summed E-state index contributed by atoms with van der Waals surface area (Å²) in [6.07, 6.45) is 0. The molecule has 0 heterocycles. The van der Waals surface area contributed by atoms with E-state index in [0.717, 1.165) is 0 Å². The van der Waals surface area contributed by atoms with E-state index in [1.165, 1.54) is 0 Å². The molecule has 0 saturated heterocycles. The summed E-state index contributed by atoms with van der Waals surface area (Å²) in [7, 11) is 0. The van der Waals surface area contributed by atoms with Crippen LogP contribution in [0.2, 0.25) is 0 Å². The van der Waals surface area contributed by atoms with Gasteiger partial charge >= 0.3 is 146 Å². The first kappa shape index (κ1) is 16.6. The molecule has 0 N–H and O–H groups in total. The average molecular weight is 361 g/mol. The fourth-order valence-electron chi connectivity index (χ4n) is 2.19. The van der Waals surface area contributed by atoms with Gasteiger partial charge in [0.1, 0.15) is 0 Å². The molecule has 3 aromatic carbocycles. The molecule has 0 radical (unpaired) electrons. The predicted molar refractivity (Wildman–Crippen MR) is 99.9 cm³/mol. The zero-order valence-electron chi connectivity index (χ0n) is 13.2. The van der Waals surface area contributed by atoms with Gasteiger partial charge in [-0.05, 0) is 0 Å². The van der Waals surface area contributed by atoms with Gasteiger partial charge in [0.25, 0.3) is 0 Å². The average Bonchev–Trinajstić information content (AvgIpc) is 2.56. The van der Waals surface area contributed by atoms with Crippen LogP contribution in [-0.2, 0) is 0 Å². The van der Waals surface area contributed by atoms with Crippen LogP contribution in [0, 0.1) is 0 Å². The van der Waals surface area contributed by atoms with Gasteiger partial charge in [0.05, 0.1) is 0 Å². The van der Waals surface area contributed by atoms with Gasteiger partial charge in [-0.3, -0.25) is 0 Å². The number of benzene rings is 3. The maximum atomic E-state index is 6.86. The molecule has 0 unspecified atom stereocenters. The van der Waals surface area contributed by atoms with Gasteiger partial charge in [0.15, 0.2) is 0 Å². The summed E-state index contributed by atoms with van der Waals surface area (Å²) in [5.41, 5.74) is 0. The fraction of sp³-hybridized carbons (Fsp3) is 0.0526. The summed E-state index contributed by atoms with van der Waals surface area (Å²) >= 11 is 6.86. The van der Waals surface area contributed by atoms with E-state index in [4.69, 9.17) is 24.8 Å². The predicted octanol–water partition coefficient (Wildman–Crippen LogP) is 6.31. The maximum absolute atomic E-state index is 6.86. The zero-order chi connectivity index (χ0) is 16.9. The fourth-order valence-corrected chi connectivity index (χ4v) is 4.78. The van der Waals surface area contributed by atoms with Gasteiger partial charge in [-0.2, -0.15) is 0 Å². The molecule has 0 saturated carbocycles. The van der Waals surface area contributed by atoms with Crippen LogP contribution < -0.4 is 13.6 Å². The standard InChI is InChI=1S/C19H18ClO3P/c1-24(20,21-17-11-5-2-6-12-17,22-18-13-7-3-8-14-18)23-19-15-9-4-10-16-19/h2-16H,1H3. The van der Waals surface area contributed by atoms with E-state index >= 15 is 0 Å². The topological polar surface area (TPSA) is 27.7 Å². The molecule has 0 aliphatic heterocycles. The first-order chi connectivity index (χ1) is 11.5. The number of hydrogen-bond acceptors (Lipinski definition) is 3. The summed E-state index contributed by atoms with van der Waals surface area (Å²) in [6, 6.07) is 27.8. The van der Waals surface area contributed by atoms with Crippen molar-refractivity contribution in [2.24, 2.45) is 0 Å². The molecule has 0 spiro atoms. The summed E-state index contributed by atoms with van der Waals surface area (Å²) in [5, 5.41) is 0. The van der Waals surface area contributed by atoms with Gasteiger partial charge in [0.2, 0.25) is 0 Å². The molecule has 0 fully saturated rings. The van der Waals surface area contributed by atoms with Gasteiger partial charge in [0, 0.05) is 0 Å². The van der Waals surface area contributed by atoms with Crippen molar-refractivity contribution in [3.8, 4) is 17.2 Å². The van der Waals surface area contributed by atoms with Crippen molar-refractivity contribution in [2.45, 2.75) is 0 Å². The van der Waals surface area contributed by atoms with Crippen molar-refractivity contribution in [1.82, 2.24) is 0 Å². The Kier molecular flexibility index (Phi) is 4.66. The number of hydrogen-bond donors (Lipinski definition) is 0. The molecule has 24 heavy (non-hydrogen) atoms. The molecule has 124 valence electrons. The molecule has 0 amide bonds. The van der Waals surface area contributed by atoms with Gasteiger partial charge in [-0.1, -0.05) is 0 Å². The molecule has 5 heteroatoms. The Morgan fingerprint density at radius 3 is 1.04 bits per heavy atom. The molecular formula is C19H18ClO3P.